The maximum absolute atomic E-state index is 12.4. The largest absolute Gasteiger partial charge is 0.334 e. The molecule has 1 aromatic carbocycles. The highest BCUT2D eigenvalue weighted by Crippen LogP contribution is 2.19. The maximum Gasteiger partial charge on any atom is 0.330 e. The number of fused-ring (bicyclic) bond motifs is 1. The molecule has 0 radical (unpaired) electrons. The molecule has 2 heterocycles. The highest BCUT2D eigenvalue weighted by Gasteiger charge is 2.20. The summed E-state index contributed by atoms with van der Waals surface area (Å²) in [6.07, 6.45) is 6.19. The van der Waals surface area contributed by atoms with Crippen LogP contribution < -0.4 is 5.69 Å². The Morgan fingerprint density at radius 3 is 2.62 bits per heavy atom. The van der Waals surface area contributed by atoms with Gasteiger partial charge in [0.05, 0.1) is 17.6 Å². The Labute approximate surface area is 152 Å². The molecule has 6 heteroatoms. The fourth-order valence-corrected chi connectivity index (χ4v) is 3.27. The molecule has 1 aliphatic rings. The molecule has 0 bridgehead atoms. The van der Waals surface area contributed by atoms with E-state index >= 15 is 0 Å². The minimum atomic E-state index is -0.120. The Morgan fingerprint density at radius 2 is 1.96 bits per heavy atom. The number of amides is 1. The van der Waals surface area contributed by atoms with Crippen molar-refractivity contribution in [3.63, 3.8) is 0 Å². The minimum Gasteiger partial charge on any atom is -0.334 e. The number of para-hydroxylation sites is 2. The van der Waals surface area contributed by atoms with Crippen LogP contribution in [0.4, 0.5) is 0 Å². The molecule has 1 amide bonds. The van der Waals surface area contributed by atoms with Gasteiger partial charge in [-0.25, -0.2) is 4.79 Å². The second kappa shape index (κ2) is 8.01. The summed E-state index contributed by atoms with van der Waals surface area (Å²) in [5.74, 6) is 0.0610. The van der Waals surface area contributed by atoms with Crippen LogP contribution in [0.2, 0.25) is 0 Å². The van der Waals surface area contributed by atoms with Gasteiger partial charge in [-0.2, -0.15) is 0 Å². The van der Waals surface area contributed by atoms with Gasteiger partial charge in [-0.3, -0.25) is 14.3 Å². The number of aromatic nitrogens is 2. The first-order valence-electron chi connectivity index (χ1n) is 8.75. The third-order valence-electron chi connectivity index (χ3n) is 4.56. The van der Waals surface area contributed by atoms with Gasteiger partial charge in [0.2, 0.25) is 5.91 Å². The zero-order valence-electron chi connectivity index (χ0n) is 14.9. The summed E-state index contributed by atoms with van der Waals surface area (Å²) in [7, 11) is 0. The van der Waals surface area contributed by atoms with Crippen LogP contribution in [-0.2, 0) is 4.79 Å². The fourth-order valence-electron chi connectivity index (χ4n) is 3.27. The van der Waals surface area contributed by atoms with E-state index in [4.69, 9.17) is 0 Å². The summed E-state index contributed by atoms with van der Waals surface area (Å²) >= 11 is 0. The first-order chi connectivity index (χ1) is 12.6. The average molecular weight is 352 g/mol. The Bertz CT molecular complexity index is 896. The normalized spacial score (nSPS) is 14.8. The lowest BCUT2D eigenvalue weighted by atomic mass is 10.2. The molecule has 6 nitrogen and oxygen atoms in total. The van der Waals surface area contributed by atoms with Crippen LogP contribution in [0.3, 0.4) is 0 Å². The van der Waals surface area contributed by atoms with Crippen molar-refractivity contribution in [1.82, 2.24) is 19.4 Å². The third kappa shape index (κ3) is 3.70. The molecule has 0 unspecified atom stereocenters. The summed E-state index contributed by atoms with van der Waals surface area (Å²) in [6, 6.07) is 7.67. The predicted molar refractivity (Wildman–Crippen MR) is 105 cm³/mol. The number of benzene rings is 1. The molecule has 0 atom stereocenters. The first kappa shape index (κ1) is 17.9. The highest BCUT2D eigenvalue weighted by molar-refractivity contribution is 5.80. The van der Waals surface area contributed by atoms with E-state index in [0.717, 1.165) is 29.7 Å². The lowest BCUT2D eigenvalue weighted by Gasteiger charge is -2.28. The van der Waals surface area contributed by atoms with Gasteiger partial charge in [0, 0.05) is 38.3 Å². The van der Waals surface area contributed by atoms with Gasteiger partial charge >= 0.3 is 5.69 Å². The number of carbonyl (C=O) groups is 1. The Balaban J connectivity index is 1.71. The summed E-state index contributed by atoms with van der Waals surface area (Å²) in [5.41, 5.74) is 2.58. The van der Waals surface area contributed by atoms with Crippen molar-refractivity contribution >= 4 is 22.6 Å². The van der Waals surface area contributed by atoms with Gasteiger partial charge in [-0.05, 0) is 12.1 Å². The van der Waals surface area contributed by atoms with Gasteiger partial charge in [-0.15, -0.1) is 13.2 Å². The molecule has 1 aromatic heterocycles. The van der Waals surface area contributed by atoms with Crippen molar-refractivity contribution in [2.24, 2.45) is 0 Å². The van der Waals surface area contributed by atoms with Crippen LogP contribution in [0.5, 0.6) is 0 Å². The van der Waals surface area contributed by atoms with E-state index in [2.05, 4.69) is 23.0 Å². The van der Waals surface area contributed by atoms with E-state index < -0.39 is 0 Å². The van der Waals surface area contributed by atoms with Crippen molar-refractivity contribution < 1.29 is 4.79 Å². The van der Waals surface area contributed by atoms with Gasteiger partial charge in [-0.1, -0.05) is 30.4 Å². The second-order valence-electron chi connectivity index (χ2n) is 6.34. The highest BCUT2D eigenvalue weighted by atomic mass is 16.2. The number of aromatic amines is 1. The first-order valence-corrected chi connectivity index (χ1v) is 8.75. The molecule has 0 fully saturated rings. The number of rotatable bonds is 7. The molecule has 0 saturated carbocycles. The Hall–Kier alpha value is -2.86. The average Bonchev–Trinajstić information content (AvgIpc) is 2.98. The number of nitrogens with zero attached hydrogens (tertiary/aromatic N) is 3. The topological polar surface area (TPSA) is 61.3 Å². The van der Waals surface area contributed by atoms with Crippen molar-refractivity contribution in [1.29, 1.82) is 0 Å². The molecule has 26 heavy (non-hydrogen) atoms. The number of imidazole rings is 1. The standard InChI is InChI=1S/C20H24N4O2/c1-3-11-23(12-4-2)19(25)15-22-13-9-16(10-14-22)24-18-8-6-5-7-17(18)21-20(24)26/h3-9H,1-2,10-15H2,(H,21,26). The van der Waals surface area contributed by atoms with E-state index in [1.165, 1.54) is 0 Å². The van der Waals surface area contributed by atoms with E-state index in [9.17, 15) is 9.59 Å². The van der Waals surface area contributed by atoms with E-state index in [0.29, 0.717) is 26.2 Å². The molecule has 2 aromatic rings. The molecular weight excluding hydrogens is 328 g/mol. The van der Waals surface area contributed by atoms with E-state index in [-0.39, 0.29) is 11.6 Å². The van der Waals surface area contributed by atoms with E-state index in [1.54, 1.807) is 21.6 Å². The number of nitrogens with one attached hydrogen (secondary N) is 1. The van der Waals surface area contributed by atoms with Crippen LogP contribution in [0.1, 0.15) is 6.42 Å². The van der Waals surface area contributed by atoms with Gasteiger partial charge in [0.15, 0.2) is 0 Å². The minimum absolute atomic E-state index is 0.0610. The molecule has 0 saturated heterocycles. The van der Waals surface area contributed by atoms with Crippen molar-refractivity contribution in [3.05, 3.63) is 66.1 Å². The van der Waals surface area contributed by atoms with Crippen LogP contribution >= 0.6 is 0 Å². The van der Waals surface area contributed by atoms with Crippen molar-refractivity contribution in [2.75, 3.05) is 32.7 Å². The monoisotopic (exact) mass is 352 g/mol. The van der Waals surface area contributed by atoms with Crippen LogP contribution in [0.15, 0.2) is 60.4 Å². The van der Waals surface area contributed by atoms with Crippen LogP contribution in [0.25, 0.3) is 16.7 Å². The summed E-state index contributed by atoms with van der Waals surface area (Å²) in [6.45, 7) is 10.2. The van der Waals surface area contributed by atoms with Gasteiger partial charge < -0.3 is 9.88 Å². The van der Waals surface area contributed by atoms with Crippen LogP contribution in [-0.4, -0.2) is 58.0 Å². The number of hydrogen-bond donors (Lipinski definition) is 1. The summed E-state index contributed by atoms with van der Waals surface area (Å²) in [5, 5.41) is 0. The lowest BCUT2D eigenvalue weighted by Crippen LogP contribution is -2.42. The van der Waals surface area contributed by atoms with Gasteiger partial charge in [0.25, 0.3) is 0 Å². The maximum atomic E-state index is 12.4. The zero-order chi connectivity index (χ0) is 18.5. The second-order valence-corrected chi connectivity index (χ2v) is 6.34. The molecule has 0 spiro atoms. The molecule has 1 aliphatic heterocycles. The number of carbonyl (C=O) groups excluding carboxylic acids is 1. The molecule has 1 N–H and O–H groups in total. The predicted octanol–water partition coefficient (Wildman–Crippen LogP) is 2.08. The smallest absolute Gasteiger partial charge is 0.330 e. The molecule has 3 rings (SSSR count). The molecular formula is C20H24N4O2. The SMILES string of the molecule is C=CCN(CC=C)C(=O)CN1CC=C(n2c(=O)[nH]c3ccccc32)CC1. The Kier molecular flexibility index (Phi) is 5.53. The van der Waals surface area contributed by atoms with Crippen molar-refractivity contribution in [3.8, 4) is 0 Å². The van der Waals surface area contributed by atoms with E-state index in [1.807, 2.05) is 30.3 Å². The Morgan fingerprint density at radius 1 is 1.23 bits per heavy atom. The molecule has 136 valence electrons. The molecule has 0 aliphatic carbocycles. The van der Waals surface area contributed by atoms with Crippen molar-refractivity contribution in [2.45, 2.75) is 6.42 Å². The number of H-pyrrole nitrogens is 1. The quantitative estimate of drug-likeness (QED) is 0.776. The fraction of sp³-hybridized carbons (Fsp3) is 0.300. The lowest BCUT2D eigenvalue weighted by molar-refractivity contribution is -0.131. The summed E-state index contributed by atoms with van der Waals surface area (Å²) < 4.78 is 1.73. The summed E-state index contributed by atoms with van der Waals surface area (Å²) in [4.78, 5) is 31.4. The van der Waals surface area contributed by atoms with Gasteiger partial charge in [0.1, 0.15) is 0 Å². The number of hydrogen-bond acceptors (Lipinski definition) is 3. The van der Waals surface area contributed by atoms with Crippen LogP contribution in [0, 0.1) is 0 Å². The third-order valence-corrected chi connectivity index (χ3v) is 4.56. The zero-order valence-corrected chi connectivity index (χ0v) is 14.9.